The zero-order valence-corrected chi connectivity index (χ0v) is 9.76. The zero-order chi connectivity index (χ0) is 10.2. The third-order valence-corrected chi connectivity index (χ3v) is 2.97. The molecular formula is C12H25N2. The molecule has 0 saturated heterocycles. The Hall–Kier alpha value is -0.0800. The fourth-order valence-corrected chi connectivity index (χ4v) is 2.22. The van der Waals surface area contributed by atoms with Crippen LogP contribution in [0.5, 0.6) is 0 Å². The average molecular weight is 197 g/mol. The van der Waals surface area contributed by atoms with Crippen LogP contribution in [-0.2, 0) is 0 Å². The largest absolute Gasteiger partial charge is 0.301 e. The fourth-order valence-electron chi connectivity index (χ4n) is 2.22. The highest BCUT2D eigenvalue weighted by Gasteiger charge is 2.17. The predicted molar refractivity (Wildman–Crippen MR) is 61.4 cm³/mol. The lowest BCUT2D eigenvalue weighted by Gasteiger charge is -2.26. The van der Waals surface area contributed by atoms with E-state index in [1.54, 1.807) is 0 Å². The molecule has 2 nitrogen and oxygen atoms in total. The van der Waals surface area contributed by atoms with E-state index in [9.17, 15) is 0 Å². The van der Waals surface area contributed by atoms with Crippen molar-refractivity contribution in [1.29, 1.82) is 0 Å². The second-order valence-corrected chi connectivity index (χ2v) is 4.30. The van der Waals surface area contributed by atoms with Crippen LogP contribution >= 0.6 is 0 Å². The van der Waals surface area contributed by atoms with Gasteiger partial charge in [0, 0.05) is 6.04 Å². The second kappa shape index (κ2) is 7.24. The molecule has 1 fully saturated rings. The first-order valence-electron chi connectivity index (χ1n) is 6.30. The van der Waals surface area contributed by atoms with E-state index >= 15 is 0 Å². The van der Waals surface area contributed by atoms with Crippen LogP contribution in [0, 0.1) is 0 Å². The van der Waals surface area contributed by atoms with Crippen LogP contribution in [0.3, 0.4) is 0 Å². The van der Waals surface area contributed by atoms with E-state index in [2.05, 4.69) is 19.2 Å². The molecule has 0 bridgehead atoms. The van der Waals surface area contributed by atoms with Crippen molar-refractivity contribution in [3.05, 3.63) is 0 Å². The van der Waals surface area contributed by atoms with Crippen molar-refractivity contribution < 1.29 is 0 Å². The molecule has 1 saturated carbocycles. The van der Waals surface area contributed by atoms with Gasteiger partial charge < -0.3 is 5.32 Å². The Balaban J connectivity index is 2.21. The highest BCUT2D eigenvalue weighted by molar-refractivity contribution is 4.75. The Kier molecular flexibility index (Phi) is 6.20. The molecule has 0 spiro atoms. The Morgan fingerprint density at radius 1 is 1.21 bits per heavy atom. The third kappa shape index (κ3) is 4.43. The molecule has 0 heterocycles. The topological polar surface area (TPSA) is 26.1 Å². The summed E-state index contributed by atoms with van der Waals surface area (Å²) in [5.74, 6) is 0. The zero-order valence-electron chi connectivity index (χ0n) is 9.76. The molecule has 1 N–H and O–H groups in total. The smallest absolute Gasteiger partial charge is 0.0738 e. The van der Waals surface area contributed by atoms with Crippen LogP contribution < -0.4 is 10.6 Å². The average Bonchev–Trinajstić information content (AvgIpc) is 2.20. The maximum atomic E-state index is 4.90. The maximum absolute atomic E-state index is 4.90. The maximum Gasteiger partial charge on any atom is 0.0738 e. The van der Waals surface area contributed by atoms with E-state index in [1.165, 1.54) is 44.9 Å². The minimum atomic E-state index is 0.424. The SMILES string of the molecule is CCCC([N]C1CCCCC1)NCC. The van der Waals surface area contributed by atoms with Crippen LogP contribution in [0.15, 0.2) is 0 Å². The van der Waals surface area contributed by atoms with Crippen molar-refractivity contribution in [3.63, 3.8) is 0 Å². The monoisotopic (exact) mass is 197 g/mol. The summed E-state index contributed by atoms with van der Waals surface area (Å²) in [5, 5.41) is 8.37. The Morgan fingerprint density at radius 3 is 2.50 bits per heavy atom. The van der Waals surface area contributed by atoms with E-state index in [1.807, 2.05) is 0 Å². The lowest BCUT2D eigenvalue weighted by molar-refractivity contribution is 0.292. The van der Waals surface area contributed by atoms with Gasteiger partial charge in [-0.25, -0.2) is 5.32 Å². The van der Waals surface area contributed by atoms with Crippen molar-refractivity contribution >= 4 is 0 Å². The summed E-state index contributed by atoms with van der Waals surface area (Å²) in [5.41, 5.74) is 0. The van der Waals surface area contributed by atoms with Gasteiger partial charge in [-0.1, -0.05) is 39.5 Å². The fraction of sp³-hybridized carbons (Fsp3) is 1.00. The third-order valence-electron chi connectivity index (χ3n) is 2.97. The van der Waals surface area contributed by atoms with Gasteiger partial charge in [0.1, 0.15) is 0 Å². The molecule has 0 aromatic heterocycles. The molecule has 0 amide bonds. The molecule has 0 aromatic rings. The number of nitrogens with zero attached hydrogens (tertiary/aromatic N) is 1. The number of hydrogen-bond acceptors (Lipinski definition) is 1. The summed E-state index contributed by atoms with van der Waals surface area (Å²) in [6, 6.07) is 0.652. The molecule has 1 rings (SSSR count). The molecule has 1 atom stereocenters. The second-order valence-electron chi connectivity index (χ2n) is 4.30. The van der Waals surface area contributed by atoms with Crippen LogP contribution in [0.4, 0.5) is 0 Å². The first-order valence-corrected chi connectivity index (χ1v) is 6.30. The van der Waals surface area contributed by atoms with Gasteiger partial charge in [-0.2, -0.15) is 0 Å². The van der Waals surface area contributed by atoms with Gasteiger partial charge in [0.2, 0.25) is 0 Å². The summed E-state index contributed by atoms with van der Waals surface area (Å²) < 4.78 is 0. The van der Waals surface area contributed by atoms with Crippen molar-refractivity contribution in [2.24, 2.45) is 0 Å². The molecule has 83 valence electrons. The molecule has 1 unspecified atom stereocenters. The van der Waals surface area contributed by atoms with E-state index in [4.69, 9.17) is 5.32 Å². The lowest BCUT2D eigenvalue weighted by atomic mass is 9.95. The molecule has 2 heteroatoms. The van der Waals surface area contributed by atoms with E-state index < -0.39 is 0 Å². The Labute approximate surface area is 88.8 Å². The molecule has 1 aliphatic carbocycles. The Bertz CT molecular complexity index is 124. The van der Waals surface area contributed by atoms with Crippen LogP contribution in [-0.4, -0.2) is 18.8 Å². The summed E-state index contributed by atoms with van der Waals surface area (Å²) in [6.07, 6.45) is 9.70. The highest BCUT2D eigenvalue weighted by atomic mass is 15.1. The molecule has 0 aliphatic heterocycles. The lowest BCUT2D eigenvalue weighted by Crippen LogP contribution is -2.42. The van der Waals surface area contributed by atoms with Gasteiger partial charge in [-0.05, 0) is 25.8 Å². The van der Waals surface area contributed by atoms with E-state index in [0.29, 0.717) is 12.2 Å². The summed E-state index contributed by atoms with van der Waals surface area (Å²) in [4.78, 5) is 0. The van der Waals surface area contributed by atoms with E-state index in [-0.39, 0.29) is 0 Å². The molecular weight excluding hydrogens is 172 g/mol. The van der Waals surface area contributed by atoms with Crippen molar-refractivity contribution in [2.45, 2.75) is 71.0 Å². The first-order chi connectivity index (χ1) is 6.86. The van der Waals surface area contributed by atoms with Crippen molar-refractivity contribution in [1.82, 2.24) is 10.6 Å². The molecule has 0 aromatic carbocycles. The van der Waals surface area contributed by atoms with Gasteiger partial charge in [0.25, 0.3) is 0 Å². The minimum Gasteiger partial charge on any atom is -0.301 e. The van der Waals surface area contributed by atoms with Crippen molar-refractivity contribution in [2.75, 3.05) is 6.54 Å². The summed E-state index contributed by atoms with van der Waals surface area (Å²) >= 11 is 0. The standard InChI is InChI=1S/C12H25N2/c1-3-8-12(13-4-2)14-11-9-6-5-7-10-11/h11-13H,3-10H2,1-2H3. The van der Waals surface area contributed by atoms with Crippen LogP contribution in [0.25, 0.3) is 0 Å². The molecule has 1 radical (unpaired) electrons. The van der Waals surface area contributed by atoms with Gasteiger partial charge in [0.15, 0.2) is 0 Å². The minimum absolute atomic E-state index is 0.424. The van der Waals surface area contributed by atoms with Crippen LogP contribution in [0.2, 0.25) is 0 Å². The summed E-state index contributed by atoms with van der Waals surface area (Å²) in [7, 11) is 0. The number of rotatable bonds is 6. The normalized spacial score (nSPS) is 21.0. The molecule has 1 aliphatic rings. The van der Waals surface area contributed by atoms with Crippen molar-refractivity contribution in [3.8, 4) is 0 Å². The first kappa shape index (κ1) is 12.0. The predicted octanol–water partition coefficient (Wildman–Crippen LogP) is 2.66. The van der Waals surface area contributed by atoms with E-state index in [0.717, 1.165) is 6.54 Å². The highest BCUT2D eigenvalue weighted by Crippen LogP contribution is 2.19. The molecule has 14 heavy (non-hydrogen) atoms. The van der Waals surface area contributed by atoms with Gasteiger partial charge in [-0.15, -0.1) is 0 Å². The Morgan fingerprint density at radius 2 is 1.93 bits per heavy atom. The number of nitrogens with one attached hydrogen (secondary N) is 1. The van der Waals surface area contributed by atoms with Gasteiger partial charge >= 0.3 is 0 Å². The number of hydrogen-bond donors (Lipinski definition) is 1. The summed E-state index contributed by atoms with van der Waals surface area (Å²) in [6.45, 7) is 5.45. The van der Waals surface area contributed by atoms with Crippen LogP contribution in [0.1, 0.15) is 58.8 Å². The van der Waals surface area contributed by atoms with Gasteiger partial charge in [0.05, 0.1) is 6.17 Å². The van der Waals surface area contributed by atoms with Gasteiger partial charge in [-0.3, -0.25) is 0 Å². The quantitative estimate of drug-likeness (QED) is 0.696.